The third-order valence-electron chi connectivity index (χ3n) is 2.99. The van der Waals surface area contributed by atoms with Gasteiger partial charge in [-0.15, -0.1) is 0 Å². The van der Waals surface area contributed by atoms with Gasteiger partial charge in [-0.1, -0.05) is 65.2 Å². The van der Waals surface area contributed by atoms with Gasteiger partial charge in [0.05, 0.1) is 13.2 Å². The Bertz CT molecular complexity index is 219. The number of unbranched alkanes of at least 4 members (excludes halogenated alkanes) is 8. The number of rotatable bonds is 14. The zero-order valence-electron chi connectivity index (χ0n) is 13.3. The van der Waals surface area contributed by atoms with Crippen LogP contribution in [0.5, 0.6) is 0 Å². The molecule has 0 aromatic rings. The summed E-state index contributed by atoms with van der Waals surface area (Å²) in [6.07, 6.45) is 10.6. The molecule has 20 heavy (non-hydrogen) atoms. The van der Waals surface area contributed by atoms with Gasteiger partial charge in [-0.05, 0) is 12.8 Å². The molecule has 0 atom stereocenters. The summed E-state index contributed by atoms with van der Waals surface area (Å²) in [5.74, 6) is 0. The van der Waals surface area contributed by atoms with Crippen LogP contribution in [0, 0.1) is 0 Å². The fourth-order valence-electron chi connectivity index (χ4n) is 1.80. The van der Waals surface area contributed by atoms with Crippen molar-refractivity contribution in [2.45, 2.75) is 78.1 Å². The van der Waals surface area contributed by atoms with Gasteiger partial charge < -0.3 is 13.9 Å². The summed E-state index contributed by atoms with van der Waals surface area (Å²) in [5.41, 5.74) is 0. The normalized spacial score (nSPS) is 11.3. The quantitative estimate of drug-likeness (QED) is 0.262. The van der Waals surface area contributed by atoms with Gasteiger partial charge >= 0.3 is 0 Å². The molecule has 0 fully saturated rings. The van der Waals surface area contributed by atoms with E-state index in [1.165, 1.54) is 25.7 Å². The molecule has 118 valence electrons. The van der Waals surface area contributed by atoms with Gasteiger partial charge in [0.2, 0.25) is 0 Å². The van der Waals surface area contributed by atoms with Crippen LogP contribution >= 0.6 is 7.82 Å². The average molecular weight is 359 g/mol. The zero-order chi connectivity index (χ0) is 14.4. The third kappa shape index (κ3) is 16.8. The smallest absolute Gasteiger partial charge is 0.267 e. The second kappa shape index (κ2) is 16.1. The Labute approximate surface area is 137 Å². The predicted octanol–water partition coefficient (Wildman–Crippen LogP) is 4.43. The molecule has 0 saturated heterocycles. The molecule has 6 heteroatoms. The molecule has 0 N–H and O–H groups in total. The van der Waals surface area contributed by atoms with Crippen LogP contribution in [0.4, 0.5) is 0 Å². The summed E-state index contributed by atoms with van der Waals surface area (Å²) in [5, 5.41) is 0. The number of hydrogen-bond donors (Lipinski definition) is 0. The molecule has 0 aromatic heterocycles. The molecule has 0 heterocycles. The first kappa shape index (κ1) is 23.0. The van der Waals surface area contributed by atoms with E-state index in [4.69, 9.17) is 9.05 Å². The molecule has 0 radical (unpaired) electrons. The Morgan fingerprint density at radius 1 is 0.750 bits per heavy atom. The predicted molar refractivity (Wildman–Crippen MR) is 77.0 cm³/mol. The Morgan fingerprint density at radius 2 is 1.10 bits per heavy atom. The molecule has 0 spiro atoms. The SMILES string of the molecule is CCCCCCCOP(=O)([O-])OCCCCCCC.[Zn]. The summed E-state index contributed by atoms with van der Waals surface area (Å²) in [7, 11) is -4.05. The van der Waals surface area contributed by atoms with Crippen LogP contribution in [0.15, 0.2) is 0 Å². The molecule has 4 nitrogen and oxygen atoms in total. The Balaban J connectivity index is 0. The van der Waals surface area contributed by atoms with E-state index < -0.39 is 7.82 Å². The van der Waals surface area contributed by atoms with Crippen molar-refractivity contribution in [3.63, 3.8) is 0 Å². The van der Waals surface area contributed by atoms with Crippen molar-refractivity contribution in [1.29, 1.82) is 0 Å². The second-order valence-electron chi connectivity index (χ2n) is 4.94. The number of phosphoric acid groups is 1. The first-order valence-corrected chi connectivity index (χ1v) is 9.18. The van der Waals surface area contributed by atoms with E-state index in [1.54, 1.807) is 0 Å². The maximum Gasteiger partial charge on any atom is 0.267 e. The minimum atomic E-state index is -4.05. The van der Waals surface area contributed by atoms with E-state index in [-0.39, 0.29) is 32.7 Å². The summed E-state index contributed by atoms with van der Waals surface area (Å²) < 4.78 is 21.0. The first-order chi connectivity index (χ1) is 9.12. The van der Waals surface area contributed by atoms with E-state index in [9.17, 15) is 9.46 Å². The van der Waals surface area contributed by atoms with E-state index in [0.717, 1.165) is 38.5 Å². The van der Waals surface area contributed by atoms with Crippen LogP contribution in [0.3, 0.4) is 0 Å². The van der Waals surface area contributed by atoms with E-state index in [2.05, 4.69) is 13.8 Å². The van der Waals surface area contributed by atoms with Crippen molar-refractivity contribution < 1.29 is 38.0 Å². The molecule has 0 bridgehead atoms. The Morgan fingerprint density at radius 3 is 1.45 bits per heavy atom. The molecule has 0 saturated carbocycles. The molecule has 0 aliphatic carbocycles. The minimum Gasteiger partial charge on any atom is -0.756 e. The van der Waals surface area contributed by atoms with E-state index in [0.29, 0.717) is 0 Å². The molecule has 0 aromatic carbocycles. The molecule has 0 aliphatic heterocycles. The van der Waals surface area contributed by atoms with Crippen molar-refractivity contribution in [2.75, 3.05) is 13.2 Å². The molecular weight excluding hydrogens is 329 g/mol. The summed E-state index contributed by atoms with van der Waals surface area (Å²) in [6, 6.07) is 0. The van der Waals surface area contributed by atoms with Gasteiger partial charge in [-0.2, -0.15) is 0 Å². The Hall–Kier alpha value is 0.733. The number of phosphoric ester groups is 1. The van der Waals surface area contributed by atoms with Crippen molar-refractivity contribution in [1.82, 2.24) is 0 Å². The largest absolute Gasteiger partial charge is 0.756 e. The van der Waals surface area contributed by atoms with Gasteiger partial charge in [-0.25, -0.2) is 0 Å². The van der Waals surface area contributed by atoms with Crippen molar-refractivity contribution >= 4 is 7.82 Å². The minimum absolute atomic E-state index is 0. The molecule has 0 aliphatic rings. The van der Waals surface area contributed by atoms with Gasteiger partial charge in [0.25, 0.3) is 7.82 Å². The standard InChI is InChI=1S/C14H31O4P.Zn/c1-3-5-7-9-11-13-17-19(15,16)18-14-12-10-8-6-4-2;/h3-14H2,1-2H3,(H,15,16);/p-1. The molecular formula is C14H30O4PZn-. The molecule has 0 amide bonds. The van der Waals surface area contributed by atoms with Gasteiger partial charge in [0.15, 0.2) is 0 Å². The fourth-order valence-corrected chi connectivity index (χ4v) is 2.58. The van der Waals surface area contributed by atoms with Crippen LogP contribution in [0.2, 0.25) is 0 Å². The maximum atomic E-state index is 11.4. The second-order valence-corrected chi connectivity index (χ2v) is 6.35. The van der Waals surface area contributed by atoms with Gasteiger partial charge in [0, 0.05) is 19.5 Å². The zero-order valence-corrected chi connectivity index (χ0v) is 17.1. The van der Waals surface area contributed by atoms with Crippen molar-refractivity contribution in [3.8, 4) is 0 Å². The molecule has 0 unspecified atom stereocenters. The monoisotopic (exact) mass is 357 g/mol. The van der Waals surface area contributed by atoms with Crippen LogP contribution in [-0.4, -0.2) is 13.2 Å². The van der Waals surface area contributed by atoms with Crippen LogP contribution in [0.1, 0.15) is 78.1 Å². The van der Waals surface area contributed by atoms with Crippen LogP contribution in [0.25, 0.3) is 0 Å². The van der Waals surface area contributed by atoms with E-state index in [1.807, 2.05) is 0 Å². The average Bonchev–Trinajstić information content (AvgIpc) is 2.38. The van der Waals surface area contributed by atoms with Gasteiger partial charge in [-0.3, -0.25) is 4.57 Å². The summed E-state index contributed by atoms with van der Waals surface area (Å²) >= 11 is 0. The maximum absolute atomic E-state index is 11.4. The number of hydrogen-bond acceptors (Lipinski definition) is 4. The fraction of sp³-hybridized carbons (Fsp3) is 1.00. The molecule has 0 rings (SSSR count). The van der Waals surface area contributed by atoms with Crippen molar-refractivity contribution in [2.24, 2.45) is 0 Å². The topological polar surface area (TPSA) is 58.6 Å². The van der Waals surface area contributed by atoms with E-state index >= 15 is 0 Å². The van der Waals surface area contributed by atoms with Gasteiger partial charge in [0.1, 0.15) is 0 Å². The van der Waals surface area contributed by atoms with Crippen molar-refractivity contribution in [3.05, 3.63) is 0 Å². The van der Waals surface area contributed by atoms with Crippen LogP contribution in [-0.2, 0) is 33.1 Å². The van der Waals surface area contributed by atoms with Crippen LogP contribution < -0.4 is 4.89 Å². The third-order valence-corrected chi connectivity index (χ3v) is 3.99. The first-order valence-electron chi connectivity index (χ1n) is 7.72. The Kier molecular flexibility index (Phi) is 18.5. The summed E-state index contributed by atoms with van der Waals surface area (Å²) in [6.45, 7) is 4.80. The summed E-state index contributed by atoms with van der Waals surface area (Å²) in [4.78, 5) is 11.4.